The largest absolute Gasteiger partial charge is 0.483 e. The van der Waals surface area contributed by atoms with Crippen molar-refractivity contribution in [1.29, 1.82) is 0 Å². The van der Waals surface area contributed by atoms with E-state index < -0.39 is 54.8 Å². The van der Waals surface area contributed by atoms with Gasteiger partial charge in [0.05, 0.1) is 12.6 Å². The van der Waals surface area contributed by atoms with Gasteiger partial charge in [0.25, 0.3) is 17.7 Å². The Balaban J connectivity index is 1.45. The Morgan fingerprint density at radius 1 is 0.932 bits per heavy atom. The molecule has 4 rings (SSSR count). The minimum Gasteiger partial charge on any atom is -0.483 e. The summed E-state index contributed by atoms with van der Waals surface area (Å²) in [4.78, 5) is 40.2. The van der Waals surface area contributed by atoms with Gasteiger partial charge >= 0.3 is 0 Å². The number of likely N-dealkylation sites (tertiary alicyclic amines) is 1. The van der Waals surface area contributed by atoms with E-state index in [0.717, 1.165) is 32.7 Å². The molecule has 234 valence electrons. The van der Waals surface area contributed by atoms with Gasteiger partial charge in [-0.3, -0.25) is 14.4 Å². The second-order valence-corrected chi connectivity index (χ2v) is 11.4. The molecule has 10 heteroatoms. The van der Waals surface area contributed by atoms with Crippen LogP contribution in [0.1, 0.15) is 40.7 Å². The second-order valence-electron chi connectivity index (χ2n) is 11.4. The molecule has 3 aromatic carbocycles. The molecule has 1 saturated heterocycles. The maximum Gasteiger partial charge on any atom is 0.267 e. The average molecular weight is 608 g/mol. The van der Waals surface area contributed by atoms with Crippen LogP contribution in [0.4, 0.5) is 8.78 Å². The average Bonchev–Trinajstić information content (AvgIpc) is 3.29. The fourth-order valence-electron chi connectivity index (χ4n) is 5.49. The van der Waals surface area contributed by atoms with Gasteiger partial charge in [-0.05, 0) is 55.0 Å². The fourth-order valence-corrected chi connectivity index (χ4v) is 5.49. The highest BCUT2D eigenvalue weighted by Crippen LogP contribution is 2.34. The van der Waals surface area contributed by atoms with Gasteiger partial charge in [0, 0.05) is 25.4 Å². The lowest BCUT2D eigenvalue weighted by atomic mass is 9.99. The Morgan fingerprint density at radius 3 is 2.25 bits per heavy atom. The van der Waals surface area contributed by atoms with Crippen LogP contribution in [0.3, 0.4) is 0 Å². The van der Waals surface area contributed by atoms with E-state index >= 15 is 0 Å². The van der Waals surface area contributed by atoms with E-state index in [-0.39, 0.29) is 26.0 Å². The third kappa shape index (κ3) is 8.63. The van der Waals surface area contributed by atoms with Gasteiger partial charge in [-0.15, -0.1) is 0 Å². The van der Waals surface area contributed by atoms with Crippen LogP contribution in [-0.4, -0.2) is 65.0 Å². The SMILES string of the molecule is Cc1ccccc1CNC(=O)C[C@@H]1CC(F)(F)CN1C(=O)[C@@H](O)[C@H](Cc1ccccc1)NC(=O)COc1c(C)cccc1C. The molecule has 0 radical (unpaired) electrons. The number of halogens is 2. The molecule has 1 heterocycles. The first-order valence-corrected chi connectivity index (χ1v) is 14.6. The summed E-state index contributed by atoms with van der Waals surface area (Å²) in [5, 5.41) is 16.6. The van der Waals surface area contributed by atoms with Crippen LogP contribution >= 0.6 is 0 Å². The van der Waals surface area contributed by atoms with Crippen molar-refractivity contribution >= 4 is 17.7 Å². The van der Waals surface area contributed by atoms with Crippen LogP contribution in [-0.2, 0) is 27.3 Å². The first-order valence-electron chi connectivity index (χ1n) is 14.6. The maximum atomic E-state index is 14.6. The number of para-hydroxylation sites is 1. The molecule has 1 aliphatic rings. The van der Waals surface area contributed by atoms with E-state index in [1.165, 1.54) is 0 Å². The van der Waals surface area contributed by atoms with E-state index in [1.807, 2.05) is 63.2 Å². The molecule has 1 fully saturated rings. The highest BCUT2D eigenvalue weighted by molar-refractivity contribution is 5.85. The van der Waals surface area contributed by atoms with Gasteiger partial charge in [-0.1, -0.05) is 72.8 Å². The zero-order valence-corrected chi connectivity index (χ0v) is 25.2. The fraction of sp³-hybridized carbons (Fsp3) is 0.382. The maximum absolute atomic E-state index is 14.6. The number of nitrogens with one attached hydrogen (secondary N) is 2. The van der Waals surface area contributed by atoms with E-state index in [1.54, 1.807) is 30.3 Å². The summed E-state index contributed by atoms with van der Waals surface area (Å²) in [5.41, 5.74) is 4.28. The highest BCUT2D eigenvalue weighted by Gasteiger charge is 2.49. The Morgan fingerprint density at radius 2 is 1.57 bits per heavy atom. The van der Waals surface area contributed by atoms with Gasteiger partial charge < -0.3 is 25.4 Å². The molecular formula is C34H39F2N3O5. The predicted molar refractivity (Wildman–Crippen MR) is 162 cm³/mol. The zero-order chi connectivity index (χ0) is 31.9. The molecule has 0 unspecified atom stereocenters. The van der Waals surface area contributed by atoms with Gasteiger partial charge in [-0.25, -0.2) is 8.78 Å². The second kappa shape index (κ2) is 14.4. The van der Waals surface area contributed by atoms with Gasteiger partial charge in [0.15, 0.2) is 12.7 Å². The smallest absolute Gasteiger partial charge is 0.267 e. The number of aliphatic hydroxyl groups excluding tert-OH is 1. The molecule has 0 aromatic heterocycles. The van der Waals surface area contributed by atoms with Crippen LogP contribution in [0.5, 0.6) is 5.75 Å². The first kappa shape index (κ1) is 32.6. The van der Waals surface area contributed by atoms with Crippen LogP contribution in [0.25, 0.3) is 0 Å². The highest BCUT2D eigenvalue weighted by atomic mass is 19.3. The number of hydrogen-bond donors (Lipinski definition) is 3. The van der Waals surface area contributed by atoms with Crippen LogP contribution < -0.4 is 15.4 Å². The summed E-state index contributed by atoms with van der Waals surface area (Å²) in [6.45, 7) is 4.53. The summed E-state index contributed by atoms with van der Waals surface area (Å²) in [6, 6.07) is 19.7. The van der Waals surface area contributed by atoms with Crippen molar-refractivity contribution in [1.82, 2.24) is 15.5 Å². The molecule has 0 spiro atoms. The number of ether oxygens (including phenoxy) is 1. The number of alkyl halides is 2. The first-order chi connectivity index (χ1) is 20.9. The topological polar surface area (TPSA) is 108 Å². The third-order valence-corrected chi connectivity index (χ3v) is 7.85. The number of benzene rings is 3. The van der Waals surface area contributed by atoms with Crippen LogP contribution in [0.15, 0.2) is 72.8 Å². The summed E-state index contributed by atoms with van der Waals surface area (Å²) >= 11 is 0. The number of carbonyl (C=O) groups is 3. The molecule has 8 nitrogen and oxygen atoms in total. The number of nitrogens with zero attached hydrogens (tertiary/aromatic N) is 1. The number of aryl methyl sites for hydroxylation is 3. The molecule has 0 saturated carbocycles. The molecule has 3 amide bonds. The summed E-state index contributed by atoms with van der Waals surface area (Å²) < 4.78 is 35.0. The summed E-state index contributed by atoms with van der Waals surface area (Å²) in [5.74, 6) is -4.72. The predicted octanol–water partition coefficient (Wildman–Crippen LogP) is 4.02. The lowest BCUT2D eigenvalue weighted by Gasteiger charge is -2.30. The van der Waals surface area contributed by atoms with Gasteiger partial charge in [0.1, 0.15) is 5.75 Å². The van der Waals surface area contributed by atoms with Crippen LogP contribution in [0, 0.1) is 20.8 Å². The van der Waals surface area contributed by atoms with Crippen molar-refractivity contribution in [2.45, 2.75) is 70.7 Å². The van der Waals surface area contributed by atoms with Gasteiger partial charge in [0.2, 0.25) is 5.91 Å². The van der Waals surface area contributed by atoms with E-state index in [0.29, 0.717) is 5.75 Å². The molecule has 1 aliphatic heterocycles. The van der Waals surface area contributed by atoms with E-state index in [4.69, 9.17) is 4.74 Å². The third-order valence-electron chi connectivity index (χ3n) is 7.85. The molecule has 3 atom stereocenters. The normalized spacial score (nSPS) is 17.0. The molecule has 44 heavy (non-hydrogen) atoms. The number of aliphatic hydroxyl groups is 1. The lowest BCUT2D eigenvalue weighted by Crippen LogP contribution is -2.54. The van der Waals surface area contributed by atoms with Crippen molar-refractivity contribution in [3.63, 3.8) is 0 Å². The minimum atomic E-state index is -3.23. The van der Waals surface area contributed by atoms with Crippen molar-refractivity contribution < 1.29 is 33.0 Å². The van der Waals surface area contributed by atoms with Crippen LogP contribution in [0.2, 0.25) is 0 Å². The number of amides is 3. The van der Waals surface area contributed by atoms with Crippen molar-refractivity contribution in [3.8, 4) is 5.75 Å². The van der Waals surface area contributed by atoms with E-state index in [2.05, 4.69) is 10.6 Å². The van der Waals surface area contributed by atoms with Gasteiger partial charge in [-0.2, -0.15) is 0 Å². The molecule has 0 aliphatic carbocycles. The zero-order valence-electron chi connectivity index (χ0n) is 25.2. The monoisotopic (exact) mass is 607 g/mol. The standard InChI is InChI=1S/C34H39F2N3O5/c1-22-10-7-8-15-26(22)19-37-29(40)17-27-18-34(35,36)21-39(27)33(43)31(42)28(16-25-13-5-4-6-14-25)38-30(41)20-44-32-23(2)11-9-12-24(32)3/h4-15,27-28,31,42H,16-21H2,1-3H3,(H,37,40)(H,38,41)/t27-,28+,31+/m1/s1. The Labute approximate surface area is 256 Å². The minimum absolute atomic E-state index is 0.0642. The van der Waals surface area contributed by atoms with Crippen molar-refractivity contribution in [3.05, 3.63) is 101 Å². The molecule has 3 N–H and O–H groups in total. The quantitative estimate of drug-likeness (QED) is 0.288. The Kier molecular flexibility index (Phi) is 10.7. The Bertz CT molecular complexity index is 1450. The number of rotatable bonds is 12. The summed E-state index contributed by atoms with van der Waals surface area (Å²) in [6.07, 6.45) is -2.83. The van der Waals surface area contributed by atoms with E-state index in [9.17, 15) is 28.3 Å². The van der Waals surface area contributed by atoms with Crippen molar-refractivity contribution in [2.24, 2.45) is 0 Å². The van der Waals surface area contributed by atoms with Crippen molar-refractivity contribution in [2.75, 3.05) is 13.2 Å². The molecule has 3 aromatic rings. The lowest BCUT2D eigenvalue weighted by molar-refractivity contribution is -0.145. The number of hydrogen-bond acceptors (Lipinski definition) is 5. The number of carbonyl (C=O) groups excluding carboxylic acids is 3. The summed E-state index contributed by atoms with van der Waals surface area (Å²) in [7, 11) is 0. The molecular weight excluding hydrogens is 568 g/mol. The molecule has 0 bridgehead atoms. The Hall–Kier alpha value is -4.31.